The second-order valence-corrected chi connectivity index (χ2v) is 6.05. The summed E-state index contributed by atoms with van der Waals surface area (Å²) in [4.78, 5) is 17.8. The fourth-order valence-corrected chi connectivity index (χ4v) is 3.18. The number of para-hydroxylation sites is 1. The molecule has 4 rings (SSSR count). The maximum absolute atomic E-state index is 13.3. The van der Waals surface area contributed by atoms with Crippen molar-refractivity contribution in [1.29, 1.82) is 0 Å². The Bertz CT molecular complexity index is 1120. The molecule has 0 amide bonds. The maximum atomic E-state index is 13.3. The predicted octanol–water partition coefficient (Wildman–Crippen LogP) is 4.12. The van der Waals surface area contributed by atoms with E-state index in [0.717, 1.165) is 16.5 Å². The predicted molar refractivity (Wildman–Crippen MR) is 104 cm³/mol. The Balaban J connectivity index is 1.98. The lowest BCUT2D eigenvalue weighted by atomic mass is 10.0. The molecule has 0 radical (unpaired) electrons. The van der Waals surface area contributed by atoms with Crippen molar-refractivity contribution in [3.8, 4) is 16.9 Å². The number of aromatic nitrogens is 2. The first-order chi connectivity index (χ1) is 12.8. The third-order valence-electron chi connectivity index (χ3n) is 4.43. The molecule has 0 fully saturated rings. The maximum Gasteiger partial charge on any atom is 0.260 e. The van der Waals surface area contributed by atoms with E-state index < -0.39 is 0 Å². The minimum absolute atomic E-state index is 0.0791. The topological polar surface area (TPSA) is 44.1 Å². The van der Waals surface area contributed by atoms with Gasteiger partial charge in [-0.3, -0.25) is 9.36 Å². The number of hydrogen-bond donors (Lipinski definition) is 0. The quantitative estimate of drug-likeness (QED) is 0.560. The Morgan fingerprint density at radius 2 is 1.69 bits per heavy atom. The van der Waals surface area contributed by atoms with Crippen LogP contribution in [0, 0.1) is 0 Å². The number of methoxy groups -OCH3 is 1. The molecule has 0 atom stereocenters. The molecule has 0 aliphatic heterocycles. The first-order valence-corrected chi connectivity index (χ1v) is 8.44. The van der Waals surface area contributed by atoms with E-state index in [1.54, 1.807) is 17.9 Å². The average molecular weight is 342 g/mol. The van der Waals surface area contributed by atoms with Gasteiger partial charge in [0.15, 0.2) is 0 Å². The molecule has 2 aromatic carbocycles. The van der Waals surface area contributed by atoms with Crippen molar-refractivity contribution in [2.75, 3.05) is 7.11 Å². The van der Waals surface area contributed by atoms with Gasteiger partial charge in [-0.15, -0.1) is 0 Å². The first kappa shape index (κ1) is 16.1. The molecule has 4 heteroatoms. The summed E-state index contributed by atoms with van der Waals surface area (Å²) in [6.45, 7) is 0.468. The lowest BCUT2D eigenvalue weighted by molar-refractivity contribution is 0.416. The van der Waals surface area contributed by atoms with Crippen LogP contribution in [0.2, 0.25) is 0 Å². The van der Waals surface area contributed by atoms with Crippen LogP contribution in [0.4, 0.5) is 0 Å². The summed E-state index contributed by atoms with van der Waals surface area (Å²) in [6, 6.07) is 23.3. The third kappa shape index (κ3) is 2.86. The summed E-state index contributed by atoms with van der Waals surface area (Å²) in [5, 5.41) is 0.920. The molecule has 0 aliphatic carbocycles. The van der Waals surface area contributed by atoms with E-state index in [2.05, 4.69) is 4.98 Å². The monoisotopic (exact) mass is 342 g/mol. The van der Waals surface area contributed by atoms with Crippen LogP contribution in [0.5, 0.6) is 5.75 Å². The van der Waals surface area contributed by atoms with Crippen molar-refractivity contribution in [1.82, 2.24) is 9.55 Å². The number of benzene rings is 2. The second kappa shape index (κ2) is 6.84. The SMILES string of the molecule is COc1ccccc1-c1cc2cccnc2n(Cc2ccccc2)c1=O. The van der Waals surface area contributed by atoms with Gasteiger partial charge in [-0.05, 0) is 29.8 Å². The molecule has 4 nitrogen and oxygen atoms in total. The van der Waals surface area contributed by atoms with Gasteiger partial charge in [0.25, 0.3) is 5.56 Å². The standard InChI is InChI=1S/C22H18N2O2/c1-26-20-12-6-5-11-18(20)19-14-17-10-7-13-23-21(17)24(22(19)25)15-16-8-3-2-4-9-16/h2-14H,15H2,1H3. The smallest absolute Gasteiger partial charge is 0.260 e. The Morgan fingerprint density at radius 3 is 2.50 bits per heavy atom. The number of hydrogen-bond acceptors (Lipinski definition) is 3. The largest absolute Gasteiger partial charge is 0.496 e. The highest BCUT2D eigenvalue weighted by Gasteiger charge is 2.15. The lowest BCUT2D eigenvalue weighted by Gasteiger charge is -2.14. The van der Waals surface area contributed by atoms with Gasteiger partial charge in [0.2, 0.25) is 0 Å². The number of pyridine rings is 2. The zero-order valence-electron chi connectivity index (χ0n) is 14.4. The molecule has 0 saturated heterocycles. The highest BCUT2D eigenvalue weighted by Crippen LogP contribution is 2.29. The zero-order valence-corrected chi connectivity index (χ0v) is 14.4. The molecular weight excluding hydrogens is 324 g/mol. The molecule has 0 unspecified atom stereocenters. The molecule has 0 spiro atoms. The summed E-state index contributed by atoms with van der Waals surface area (Å²) in [7, 11) is 1.62. The van der Waals surface area contributed by atoms with Gasteiger partial charge in [0.1, 0.15) is 11.4 Å². The van der Waals surface area contributed by atoms with Gasteiger partial charge in [-0.2, -0.15) is 0 Å². The van der Waals surface area contributed by atoms with Crippen LogP contribution in [-0.2, 0) is 6.54 Å². The molecule has 0 bridgehead atoms. The molecule has 0 saturated carbocycles. The van der Waals surface area contributed by atoms with Crippen LogP contribution in [0.15, 0.2) is 83.8 Å². The van der Waals surface area contributed by atoms with Crippen LogP contribution in [0.3, 0.4) is 0 Å². The van der Waals surface area contributed by atoms with Gasteiger partial charge in [-0.1, -0.05) is 48.5 Å². The Morgan fingerprint density at radius 1 is 0.923 bits per heavy atom. The summed E-state index contributed by atoms with van der Waals surface area (Å²) < 4.78 is 7.19. The van der Waals surface area contributed by atoms with E-state index in [4.69, 9.17) is 4.74 Å². The normalized spacial score (nSPS) is 10.8. The van der Waals surface area contributed by atoms with Crippen molar-refractivity contribution in [2.45, 2.75) is 6.54 Å². The molecule has 0 N–H and O–H groups in total. The molecule has 26 heavy (non-hydrogen) atoms. The lowest BCUT2D eigenvalue weighted by Crippen LogP contribution is -2.23. The fourth-order valence-electron chi connectivity index (χ4n) is 3.18. The van der Waals surface area contributed by atoms with Crippen molar-refractivity contribution in [2.24, 2.45) is 0 Å². The molecule has 128 valence electrons. The summed E-state index contributed by atoms with van der Waals surface area (Å²) >= 11 is 0. The van der Waals surface area contributed by atoms with E-state index >= 15 is 0 Å². The van der Waals surface area contributed by atoms with E-state index in [0.29, 0.717) is 23.5 Å². The van der Waals surface area contributed by atoms with Crippen LogP contribution < -0.4 is 10.3 Å². The highest BCUT2D eigenvalue weighted by atomic mass is 16.5. The minimum atomic E-state index is -0.0791. The Hall–Kier alpha value is -3.40. The molecular formula is C22H18N2O2. The Kier molecular flexibility index (Phi) is 4.23. The van der Waals surface area contributed by atoms with Gasteiger partial charge >= 0.3 is 0 Å². The minimum Gasteiger partial charge on any atom is -0.496 e. The third-order valence-corrected chi connectivity index (χ3v) is 4.43. The summed E-state index contributed by atoms with van der Waals surface area (Å²) in [6.07, 6.45) is 1.71. The Labute approximate surface area is 151 Å². The van der Waals surface area contributed by atoms with Gasteiger partial charge in [-0.25, -0.2) is 4.98 Å². The molecule has 2 heterocycles. The summed E-state index contributed by atoms with van der Waals surface area (Å²) in [5.74, 6) is 0.680. The number of fused-ring (bicyclic) bond motifs is 1. The summed E-state index contributed by atoms with van der Waals surface area (Å²) in [5.41, 5.74) is 3.05. The van der Waals surface area contributed by atoms with Crippen LogP contribution in [0.1, 0.15) is 5.56 Å². The average Bonchev–Trinajstić information content (AvgIpc) is 2.70. The fraction of sp³-hybridized carbons (Fsp3) is 0.0909. The molecule has 2 aromatic heterocycles. The second-order valence-electron chi connectivity index (χ2n) is 6.05. The van der Waals surface area contributed by atoms with Gasteiger partial charge in [0, 0.05) is 17.1 Å². The van der Waals surface area contributed by atoms with Crippen molar-refractivity contribution >= 4 is 11.0 Å². The van der Waals surface area contributed by atoms with Crippen molar-refractivity contribution < 1.29 is 4.74 Å². The number of ether oxygens (including phenoxy) is 1. The van der Waals surface area contributed by atoms with E-state index in [1.807, 2.05) is 72.8 Å². The van der Waals surface area contributed by atoms with Gasteiger partial charge in [0.05, 0.1) is 19.2 Å². The van der Waals surface area contributed by atoms with Crippen molar-refractivity contribution in [3.05, 3.63) is 94.9 Å². The van der Waals surface area contributed by atoms with Crippen LogP contribution in [-0.4, -0.2) is 16.7 Å². The van der Waals surface area contributed by atoms with E-state index in [1.165, 1.54) is 0 Å². The molecule has 0 aliphatic rings. The first-order valence-electron chi connectivity index (χ1n) is 8.44. The van der Waals surface area contributed by atoms with Crippen LogP contribution >= 0.6 is 0 Å². The zero-order chi connectivity index (χ0) is 17.9. The van der Waals surface area contributed by atoms with E-state index in [-0.39, 0.29) is 5.56 Å². The number of rotatable bonds is 4. The highest BCUT2D eigenvalue weighted by molar-refractivity contribution is 5.83. The van der Waals surface area contributed by atoms with Crippen molar-refractivity contribution in [3.63, 3.8) is 0 Å². The van der Waals surface area contributed by atoms with Crippen LogP contribution in [0.25, 0.3) is 22.2 Å². The molecule has 4 aromatic rings. The van der Waals surface area contributed by atoms with Gasteiger partial charge < -0.3 is 4.74 Å². The number of nitrogens with zero attached hydrogens (tertiary/aromatic N) is 2. The van der Waals surface area contributed by atoms with E-state index in [9.17, 15) is 4.79 Å².